The van der Waals surface area contributed by atoms with Gasteiger partial charge in [-0.1, -0.05) is 23.4 Å². The SMILES string of the molecule is O=c1c2cccc3ccc4nnn1c4c32. The molecule has 4 heteroatoms. The molecule has 4 rings (SSSR count). The number of rotatable bonds is 0. The highest BCUT2D eigenvalue weighted by Crippen LogP contribution is 2.27. The van der Waals surface area contributed by atoms with Crippen LogP contribution in [0.25, 0.3) is 27.2 Å². The highest BCUT2D eigenvalue weighted by atomic mass is 16.1. The summed E-state index contributed by atoms with van der Waals surface area (Å²) in [6.45, 7) is 0. The molecule has 0 saturated heterocycles. The third kappa shape index (κ3) is 0.644. The third-order valence-corrected chi connectivity index (χ3v) is 2.87. The normalized spacial score (nSPS) is 12.3. The Labute approximate surface area is 83.4 Å². The van der Waals surface area contributed by atoms with Crippen molar-refractivity contribution in [3.8, 4) is 0 Å². The van der Waals surface area contributed by atoms with Crippen LogP contribution in [0.2, 0.25) is 0 Å². The second-order valence-corrected chi connectivity index (χ2v) is 3.64. The van der Waals surface area contributed by atoms with E-state index in [0.717, 1.165) is 27.2 Å². The van der Waals surface area contributed by atoms with Crippen molar-refractivity contribution in [2.24, 2.45) is 0 Å². The van der Waals surface area contributed by atoms with Gasteiger partial charge in [0.2, 0.25) is 0 Å². The van der Waals surface area contributed by atoms with Crippen LogP contribution in [0.1, 0.15) is 0 Å². The molecule has 4 nitrogen and oxygen atoms in total. The van der Waals surface area contributed by atoms with E-state index >= 15 is 0 Å². The van der Waals surface area contributed by atoms with Crippen molar-refractivity contribution in [1.82, 2.24) is 14.8 Å². The van der Waals surface area contributed by atoms with Gasteiger partial charge in [0.05, 0.1) is 5.39 Å². The van der Waals surface area contributed by atoms with E-state index in [1.807, 2.05) is 30.3 Å². The molecule has 0 N–H and O–H groups in total. The molecule has 0 amide bonds. The maximum atomic E-state index is 11.9. The van der Waals surface area contributed by atoms with Crippen molar-refractivity contribution in [2.45, 2.75) is 0 Å². The quantitative estimate of drug-likeness (QED) is 0.424. The predicted octanol–water partition coefficient (Wildman–Crippen LogP) is 1.27. The topological polar surface area (TPSA) is 47.3 Å². The zero-order valence-corrected chi connectivity index (χ0v) is 7.64. The van der Waals surface area contributed by atoms with Gasteiger partial charge in [0.1, 0.15) is 11.0 Å². The first kappa shape index (κ1) is 7.11. The Balaban J connectivity index is 2.64. The lowest BCUT2D eigenvalue weighted by Gasteiger charge is -1.94. The fraction of sp³-hybridized carbons (Fsp3) is 0. The minimum atomic E-state index is -0.0794. The molecule has 4 aromatic rings. The van der Waals surface area contributed by atoms with Crippen LogP contribution < -0.4 is 5.56 Å². The minimum absolute atomic E-state index is 0.0794. The van der Waals surface area contributed by atoms with Crippen LogP contribution in [0.4, 0.5) is 0 Å². The molecule has 0 bridgehead atoms. The van der Waals surface area contributed by atoms with Crippen molar-refractivity contribution in [2.75, 3.05) is 0 Å². The predicted molar refractivity (Wildman–Crippen MR) is 56.6 cm³/mol. The second kappa shape index (κ2) is 2.06. The Morgan fingerprint density at radius 1 is 1.13 bits per heavy atom. The Hall–Kier alpha value is -2.23. The maximum absolute atomic E-state index is 11.9. The van der Waals surface area contributed by atoms with Gasteiger partial charge in [0.15, 0.2) is 0 Å². The highest BCUT2D eigenvalue weighted by molar-refractivity contribution is 6.14. The van der Waals surface area contributed by atoms with Crippen molar-refractivity contribution >= 4 is 27.2 Å². The third-order valence-electron chi connectivity index (χ3n) is 2.87. The summed E-state index contributed by atoms with van der Waals surface area (Å²) < 4.78 is 1.38. The summed E-state index contributed by atoms with van der Waals surface area (Å²) in [5.41, 5.74) is 1.54. The Morgan fingerprint density at radius 3 is 3.00 bits per heavy atom. The molecule has 0 aliphatic heterocycles. The van der Waals surface area contributed by atoms with E-state index in [1.54, 1.807) is 0 Å². The summed E-state index contributed by atoms with van der Waals surface area (Å²) in [7, 11) is 0. The molecule has 0 radical (unpaired) electrons. The van der Waals surface area contributed by atoms with E-state index in [2.05, 4.69) is 10.3 Å². The van der Waals surface area contributed by atoms with Crippen LogP contribution in [0.5, 0.6) is 0 Å². The first-order valence-electron chi connectivity index (χ1n) is 4.68. The molecular weight excluding hydrogens is 190 g/mol. The molecule has 2 aromatic heterocycles. The van der Waals surface area contributed by atoms with Crippen molar-refractivity contribution < 1.29 is 0 Å². The number of hydrogen-bond acceptors (Lipinski definition) is 3. The maximum Gasteiger partial charge on any atom is 0.280 e. The van der Waals surface area contributed by atoms with Crippen molar-refractivity contribution in [3.63, 3.8) is 0 Å². The van der Waals surface area contributed by atoms with Gasteiger partial charge in [-0.15, -0.1) is 5.10 Å². The van der Waals surface area contributed by atoms with Gasteiger partial charge in [0, 0.05) is 5.39 Å². The molecule has 0 aliphatic rings. The molecule has 0 fully saturated rings. The van der Waals surface area contributed by atoms with E-state index < -0.39 is 0 Å². The summed E-state index contributed by atoms with van der Waals surface area (Å²) >= 11 is 0. The van der Waals surface area contributed by atoms with Crippen molar-refractivity contribution in [3.05, 3.63) is 40.7 Å². The monoisotopic (exact) mass is 195 g/mol. The lowest BCUT2D eigenvalue weighted by molar-refractivity contribution is 0.847. The van der Waals surface area contributed by atoms with E-state index in [4.69, 9.17) is 0 Å². The van der Waals surface area contributed by atoms with Crippen LogP contribution in [0, 0.1) is 0 Å². The average Bonchev–Trinajstić information content (AvgIpc) is 2.80. The molecular formula is C11H5N3O. The molecule has 0 saturated carbocycles. The van der Waals surface area contributed by atoms with Gasteiger partial charge in [0.25, 0.3) is 5.56 Å². The Bertz CT molecular complexity index is 833. The fourth-order valence-electron chi connectivity index (χ4n) is 2.22. The molecule has 0 atom stereocenters. The minimum Gasteiger partial charge on any atom is -0.267 e. The molecule has 0 aliphatic carbocycles. The number of aromatic nitrogens is 3. The van der Waals surface area contributed by atoms with Gasteiger partial charge >= 0.3 is 0 Å². The van der Waals surface area contributed by atoms with Crippen LogP contribution >= 0.6 is 0 Å². The first-order chi connectivity index (χ1) is 7.36. The lowest BCUT2D eigenvalue weighted by Crippen LogP contribution is -2.07. The van der Waals surface area contributed by atoms with E-state index in [0.29, 0.717) is 0 Å². The van der Waals surface area contributed by atoms with Crippen LogP contribution in [0.3, 0.4) is 0 Å². The van der Waals surface area contributed by atoms with E-state index in [9.17, 15) is 4.79 Å². The van der Waals surface area contributed by atoms with Gasteiger partial charge in [-0.25, -0.2) is 0 Å². The number of hydrogen-bond donors (Lipinski definition) is 0. The Kier molecular flexibility index (Phi) is 0.975. The van der Waals surface area contributed by atoms with Gasteiger partial charge in [-0.3, -0.25) is 4.79 Å². The zero-order chi connectivity index (χ0) is 9.99. The fourth-order valence-corrected chi connectivity index (χ4v) is 2.22. The zero-order valence-electron chi connectivity index (χ0n) is 7.64. The molecule has 2 heterocycles. The summed E-state index contributed by atoms with van der Waals surface area (Å²) in [6.07, 6.45) is 0. The van der Waals surface area contributed by atoms with Crippen molar-refractivity contribution in [1.29, 1.82) is 0 Å². The summed E-state index contributed by atoms with van der Waals surface area (Å²) in [4.78, 5) is 11.9. The molecule has 70 valence electrons. The van der Waals surface area contributed by atoms with Gasteiger partial charge in [-0.05, 0) is 17.5 Å². The van der Waals surface area contributed by atoms with Gasteiger partial charge in [-0.2, -0.15) is 4.52 Å². The summed E-state index contributed by atoms with van der Waals surface area (Å²) in [5, 5.41) is 10.6. The molecule has 0 spiro atoms. The average molecular weight is 195 g/mol. The molecule has 0 unspecified atom stereocenters. The van der Waals surface area contributed by atoms with Gasteiger partial charge < -0.3 is 0 Å². The number of benzene rings is 2. The first-order valence-corrected chi connectivity index (χ1v) is 4.68. The van der Waals surface area contributed by atoms with E-state index in [-0.39, 0.29) is 5.56 Å². The summed E-state index contributed by atoms with van der Waals surface area (Å²) in [6, 6.07) is 9.58. The Morgan fingerprint density at radius 2 is 2.07 bits per heavy atom. The second-order valence-electron chi connectivity index (χ2n) is 3.64. The van der Waals surface area contributed by atoms with Crippen LogP contribution in [-0.2, 0) is 0 Å². The summed E-state index contributed by atoms with van der Waals surface area (Å²) in [5.74, 6) is 0. The standard InChI is InChI=1S/C11H5N3O/c15-11-7-3-1-2-6-4-5-8-10(9(6)7)14(11)13-12-8/h1-5H. The largest absolute Gasteiger partial charge is 0.280 e. The van der Waals surface area contributed by atoms with Crippen LogP contribution in [-0.4, -0.2) is 14.8 Å². The van der Waals surface area contributed by atoms with E-state index in [1.165, 1.54) is 4.52 Å². The van der Waals surface area contributed by atoms with Crippen LogP contribution in [0.15, 0.2) is 35.1 Å². The smallest absolute Gasteiger partial charge is 0.267 e. The molecule has 15 heavy (non-hydrogen) atoms. The highest BCUT2D eigenvalue weighted by Gasteiger charge is 2.16. The lowest BCUT2D eigenvalue weighted by atomic mass is 10.1. The number of nitrogens with zero attached hydrogens (tertiary/aromatic N) is 3. The molecule has 2 aromatic carbocycles.